The Morgan fingerprint density at radius 3 is 2.54 bits per heavy atom. The number of carbonyl (C=O) groups excluding carboxylic acids is 1. The predicted octanol–water partition coefficient (Wildman–Crippen LogP) is 4.54. The van der Waals surface area contributed by atoms with Crippen LogP contribution in [-0.2, 0) is 14.8 Å². The maximum Gasteiger partial charge on any atom is 0.261 e. The minimum absolute atomic E-state index is 0.0185. The molecular weight excluding hydrogens is 396 g/mol. The third-order valence-electron chi connectivity index (χ3n) is 5.06. The van der Waals surface area contributed by atoms with Gasteiger partial charge in [0.2, 0.25) is 5.91 Å². The van der Waals surface area contributed by atoms with Gasteiger partial charge in [-0.05, 0) is 43.7 Å². The fourth-order valence-electron chi connectivity index (χ4n) is 3.61. The molecule has 2 aromatic carbocycles. The highest BCUT2D eigenvalue weighted by molar-refractivity contribution is 7.92. The average Bonchev–Trinajstić information content (AvgIpc) is 3.07. The Morgan fingerprint density at radius 1 is 1.25 bits per heavy atom. The molecule has 0 radical (unpaired) electrons. The zero-order valence-electron chi connectivity index (χ0n) is 15.9. The third kappa shape index (κ3) is 4.08. The molecule has 1 amide bonds. The quantitative estimate of drug-likeness (QED) is 0.724. The molecule has 1 heterocycles. The van der Waals surface area contributed by atoms with Crippen LogP contribution in [0.3, 0.4) is 0 Å². The number of amides is 1. The molecule has 0 unspecified atom stereocenters. The molecule has 0 saturated carbocycles. The molecule has 0 bridgehead atoms. The first kappa shape index (κ1) is 20.4. The molecule has 0 aliphatic carbocycles. The molecule has 1 aliphatic heterocycles. The van der Waals surface area contributed by atoms with Gasteiger partial charge in [-0.2, -0.15) is 0 Å². The van der Waals surface area contributed by atoms with Crippen LogP contribution in [0.25, 0.3) is 0 Å². The summed E-state index contributed by atoms with van der Waals surface area (Å²) in [6.45, 7) is 7.88. The molecule has 2 atom stereocenters. The van der Waals surface area contributed by atoms with E-state index in [1.807, 2.05) is 13.0 Å². The monoisotopic (exact) mass is 418 g/mol. The van der Waals surface area contributed by atoms with Crippen molar-refractivity contribution in [3.05, 3.63) is 71.3 Å². The zero-order chi connectivity index (χ0) is 20.5. The van der Waals surface area contributed by atoms with Gasteiger partial charge in [-0.3, -0.25) is 9.52 Å². The van der Waals surface area contributed by atoms with Gasteiger partial charge in [-0.1, -0.05) is 35.4 Å². The van der Waals surface area contributed by atoms with Gasteiger partial charge in [-0.25, -0.2) is 8.42 Å². The highest BCUT2D eigenvalue weighted by Crippen LogP contribution is 2.42. The summed E-state index contributed by atoms with van der Waals surface area (Å²) in [6, 6.07) is 11.3. The summed E-state index contributed by atoms with van der Waals surface area (Å²) in [6.07, 6.45) is 2.58. The van der Waals surface area contributed by atoms with Gasteiger partial charge in [0.15, 0.2) is 0 Å². The third-order valence-corrected chi connectivity index (χ3v) is 6.68. The minimum atomic E-state index is -3.78. The van der Waals surface area contributed by atoms with E-state index in [4.69, 9.17) is 11.6 Å². The van der Waals surface area contributed by atoms with Crippen molar-refractivity contribution in [2.75, 3.05) is 11.3 Å². The maximum absolute atomic E-state index is 12.9. The number of carbonyl (C=O) groups is 1. The van der Waals surface area contributed by atoms with E-state index in [1.165, 1.54) is 6.92 Å². The summed E-state index contributed by atoms with van der Waals surface area (Å²) >= 11 is 6.21. The van der Waals surface area contributed by atoms with Gasteiger partial charge < -0.3 is 4.90 Å². The lowest BCUT2D eigenvalue weighted by atomic mass is 9.92. The molecule has 1 fully saturated rings. The van der Waals surface area contributed by atoms with Crippen molar-refractivity contribution in [1.29, 1.82) is 0 Å². The number of sulfonamides is 1. The van der Waals surface area contributed by atoms with Crippen LogP contribution in [0.1, 0.15) is 30.5 Å². The van der Waals surface area contributed by atoms with E-state index in [2.05, 4.69) is 11.3 Å². The van der Waals surface area contributed by atoms with Gasteiger partial charge in [0.1, 0.15) is 0 Å². The minimum Gasteiger partial charge on any atom is -0.335 e. The molecule has 0 aromatic heterocycles. The Morgan fingerprint density at radius 2 is 1.93 bits per heavy atom. The van der Waals surface area contributed by atoms with Gasteiger partial charge in [-0.15, -0.1) is 6.58 Å². The first-order valence-corrected chi connectivity index (χ1v) is 10.9. The number of halogens is 1. The summed E-state index contributed by atoms with van der Waals surface area (Å²) < 4.78 is 28.4. The molecule has 7 heteroatoms. The topological polar surface area (TPSA) is 66.5 Å². The summed E-state index contributed by atoms with van der Waals surface area (Å²) in [5, 5.41) is 0.478. The van der Waals surface area contributed by atoms with Crippen molar-refractivity contribution in [3.8, 4) is 0 Å². The highest BCUT2D eigenvalue weighted by atomic mass is 35.5. The number of hydrogen-bond acceptors (Lipinski definition) is 3. The van der Waals surface area contributed by atoms with Crippen LogP contribution in [0, 0.1) is 12.8 Å². The number of benzene rings is 2. The first-order valence-electron chi connectivity index (χ1n) is 9.01. The molecule has 3 rings (SSSR count). The Balaban J connectivity index is 2.04. The van der Waals surface area contributed by atoms with Crippen LogP contribution < -0.4 is 4.72 Å². The number of rotatable bonds is 5. The number of aryl methyl sites for hydroxylation is 1. The Labute approximate surface area is 171 Å². The summed E-state index contributed by atoms with van der Waals surface area (Å²) in [5.41, 5.74) is 2.05. The van der Waals surface area contributed by atoms with Crippen molar-refractivity contribution in [2.24, 2.45) is 5.92 Å². The smallest absolute Gasteiger partial charge is 0.261 e. The Kier molecular flexibility index (Phi) is 5.82. The van der Waals surface area contributed by atoms with E-state index >= 15 is 0 Å². The second-order valence-corrected chi connectivity index (χ2v) is 9.11. The lowest BCUT2D eigenvalue weighted by Crippen LogP contribution is -2.30. The van der Waals surface area contributed by atoms with Gasteiger partial charge in [0.25, 0.3) is 10.0 Å². The summed E-state index contributed by atoms with van der Waals surface area (Å²) in [7, 11) is -3.78. The van der Waals surface area contributed by atoms with Crippen LogP contribution in [0.5, 0.6) is 0 Å². The summed E-state index contributed by atoms with van der Waals surface area (Å²) in [5.74, 6) is -0.0494. The lowest BCUT2D eigenvalue weighted by molar-refractivity contribution is -0.129. The molecule has 1 N–H and O–H groups in total. The zero-order valence-corrected chi connectivity index (χ0v) is 17.4. The number of likely N-dealkylation sites (tertiary alicyclic amines) is 1. The van der Waals surface area contributed by atoms with Crippen molar-refractivity contribution in [2.45, 2.75) is 31.2 Å². The second kappa shape index (κ2) is 7.97. The molecule has 0 spiro atoms. The van der Waals surface area contributed by atoms with Crippen LogP contribution in [-0.4, -0.2) is 25.8 Å². The maximum atomic E-state index is 12.9. The van der Waals surface area contributed by atoms with Gasteiger partial charge in [0.05, 0.1) is 16.6 Å². The second-order valence-electron chi connectivity index (χ2n) is 7.00. The van der Waals surface area contributed by atoms with E-state index in [-0.39, 0.29) is 22.8 Å². The molecule has 1 aliphatic rings. The van der Waals surface area contributed by atoms with Crippen molar-refractivity contribution in [3.63, 3.8) is 0 Å². The predicted molar refractivity (Wildman–Crippen MR) is 112 cm³/mol. The largest absolute Gasteiger partial charge is 0.335 e. The standard InChI is InChI=1S/C21H23ClN2O3S/c1-4-16-11-12-24(15(3)25)21(16)19-13-17(22)7-10-20(19)23-28(26,27)18-8-5-14(2)6-9-18/h4-10,13,16,21,23H,1,11-12H2,2-3H3/t16-,21+/m1/s1. The van der Waals surface area contributed by atoms with Crippen molar-refractivity contribution >= 4 is 33.2 Å². The average molecular weight is 419 g/mol. The Bertz CT molecular complexity index is 1000. The van der Waals surface area contributed by atoms with Crippen molar-refractivity contribution < 1.29 is 13.2 Å². The number of anilines is 1. The summed E-state index contributed by atoms with van der Waals surface area (Å²) in [4.78, 5) is 14.1. The van der Waals surface area contributed by atoms with Crippen LogP contribution in [0.4, 0.5) is 5.69 Å². The number of nitrogens with zero attached hydrogens (tertiary/aromatic N) is 1. The first-order chi connectivity index (χ1) is 13.2. The molecule has 2 aromatic rings. The molecule has 28 heavy (non-hydrogen) atoms. The van der Waals surface area contributed by atoms with Crippen LogP contribution in [0.2, 0.25) is 5.02 Å². The Hall–Kier alpha value is -2.31. The molecular formula is C21H23ClN2O3S. The SMILES string of the molecule is C=C[C@@H]1CCN(C(C)=O)[C@@H]1c1cc(Cl)ccc1NS(=O)(=O)c1ccc(C)cc1. The number of nitrogens with one attached hydrogen (secondary N) is 1. The normalized spacial score (nSPS) is 19.5. The lowest BCUT2D eigenvalue weighted by Gasteiger charge is -2.29. The fraction of sp³-hybridized carbons (Fsp3) is 0.286. The van der Waals surface area contributed by atoms with E-state index < -0.39 is 10.0 Å². The van der Waals surface area contributed by atoms with Gasteiger partial charge >= 0.3 is 0 Å². The van der Waals surface area contributed by atoms with E-state index in [0.29, 0.717) is 22.8 Å². The van der Waals surface area contributed by atoms with Crippen LogP contribution in [0.15, 0.2) is 60.0 Å². The van der Waals surface area contributed by atoms with E-state index in [1.54, 1.807) is 47.4 Å². The van der Waals surface area contributed by atoms with Crippen LogP contribution >= 0.6 is 11.6 Å². The molecule has 1 saturated heterocycles. The molecule has 148 valence electrons. The van der Waals surface area contributed by atoms with Crippen molar-refractivity contribution in [1.82, 2.24) is 4.90 Å². The van der Waals surface area contributed by atoms with E-state index in [9.17, 15) is 13.2 Å². The highest BCUT2D eigenvalue weighted by Gasteiger charge is 2.37. The number of hydrogen-bond donors (Lipinski definition) is 1. The molecule has 5 nitrogen and oxygen atoms in total. The van der Waals surface area contributed by atoms with E-state index in [0.717, 1.165) is 12.0 Å². The fourth-order valence-corrected chi connectivity index (χ4v) is 4.88. The van der Waals surface area contributed by atoms with Gasteiger partial charge in [0, 0.05) is 30.0 Å².